The standard InChI is InChI=1S/C14H11ClINO3/c1-8(5-12(18)19)7-20-14-11(16)6-10(15)9-3-2-4-17-13(9)14/h2-6H,7H2,1H3,(H,18,19). The van der Waals surface area contributed by atoms with Crippen LogP contribution in [0.5, 0.6) is 5.75 Å². The molecule has 0 spiro atoms. The number of aromatic nitrogens is 1. The van der Waals surface area contributed by atoms with Crippen molar-refractivity contribution in [1.29, 1.82) is 0 Å². The summed E-state index contributed by atoms with van der Waals surface area (Å²) in [7, 11) is 0. The summed E-state index contributed by atoms with van der Waals surface area (Å²) in [6.07, 6.45) is 2.79. The van der Waals surface area contributed by atoms with E-state index in [4.69, 9.17) is 21.4 Å². The van der Waals surface area contributed by atoms with E-state index in [0.717, 1.165) is 15.0 Å². The molecule has 1 aromatic carbocycles. The Balaban J connectivity index is 2.37. The first-order valence-electron chi connectivity index (χ1n) is 5.74. The van der Waals surface area contributed by atoms with Crippen molar-refractivity contribution in [3.63, 3.8) is 0 Å². The predicted octanol–water partition coefficient (Wildman–Crippen LogP) is 3.90. The van der Waals surface area contributed by atoms with Gasteiger partial charge in [0, 0.05) is 17.7 Å². The van der Waals surface area contributed by atoms with Crippen LogP contribution < -0.4 is 4.74 Å². The summed E-state index contributed by atoms with van der Waals surface area (Å²) in [6, 6.07) is 5.48. The second kappa shape index (κ2) is 6.41. The molecule has 104 valence electrons. The maximum atomic E-state index is 10.6. The quantitative estimate of drug-likeness (QED) is 0.621. The molecule has 0 fully saturated rings. The number of pyridine rings is 1. The number of benzene rings is 1. The molecule has 2 rings (SSSR count). The third-order valence-electron chi connectivity index (χ3n) is 2.56. The van der Waals surface area contributed by atoms with Gasteiger partial charge in [-0.15, -0.1) is 0 Å². The highest BCUT2D eigenvalue weighted by Gasteiger charge is 2.12. The minimum atomic E-state index is -0.986. The molecule has 0 saturated carbocycles. The highest BCUT2D eigenvalue weighted by atomic mass is 127. The van der Waals surface area contributed by atoms with Crippen molar-refractivity contribution in [1.82, 2.24) is 4.98 Å². The molecule has 4 nitrogen and oxygen atoms in total. The lowest BCUT2D eigenvalue weighted by molar-refractivity contribution is -0.131. The van der Waals surface area contributed by atoms with Crippen LogP contribution in [0.3, 0.4) is 0 Å². The van der Waals surface area contributed by atoms with Gasteiger partial charge in [0.15, 0.2) is 5.75 Å². The second-order valence-corrected chi connectivity index (χ2v) is 5.76. The average molecular weight is 404 g/mol. The number of rotatable bonds is 4. The Bertz CT molecular complexity index is 700. The van der Waals surface area contributed by atoms with Crippen LogP contribution in [0, 0.1) is 3.57 Å². The Morgan fingerprint density at radius 2 is 2.35 bits per heavy atom. The SMILES string of the molecule is CC(=CC(=O)O)COc1c(I)cc(Cl)c2cccnc12. The lowest BCUT2D eigenvalue weighted by Crippen LogP contribution is -2.03. The van der Waals surface area contributed by atoms with Crippen molar-refractivity contribution in [3.8, 4) is 5.75 Å². The Morgan fingerprint density at radius 1 is 1.60 bits per heavy atom. The van der Waals surface area contributed by atoms with Crippen molar-refractivity contribution in [2.24, 2.45) is 0 Å². The fourth-order valence-electron chi connectivity index (χ4n) is 1.72. The van der Waals surface area contributed by atoms with Gasteiger partial charge in [0.25, 0.3) is 0 Å². The van der Waals surface area contributed by atoms with E-state index in [2.05, 4.69) is 27.6 Å². The number of carboxylic acid groups (broad SMARTS) is 1. The molecule has 1 N–H and O–H groups in total. The van der Waals surface area contributed by atoms with Gasteiger partial charge in [-0.05, 0) is 53.3 Å². The number of fused-ring (bicyclic) bond motifs is 1. The topological polar surface area (TPSA) is 59.4 Å². The normalized spacial score (nSPS) is 11.7. The molecule has 6 heteroatoms. The fraction of sp³-hybridized carbons (Fsp3) is 0.143. The average Bonchev–Trinajstić information content (AvgIpc) is 2.37. The lowest BCUT2D eigenvalue weighted by Gasteiger charge is -2.12. The van der Waals surface area contributed by atoms with Gasteiger partial charge in [0.2, 0.25) is 0 Å². The van der Waals surface area contributed by atoms with E-state index in [9.17, 15) is 4.79 Å². The molecule has 2 aromatic rings. The van der Waals surface area contributed by atoms with Gasteiger partial charge in [-0.2, -0.15) is 0 Å². The highest BCUT2D eigenvalue weighted by molar-refractivity contribution is 14.1. The molecule has 1 heterocycles. The van der Waals surface area contributed by atoms with Crippen LogP contribution in [0.2, 0.25) is 5.02 Å². The summed E-state index contributed by atoms with van der Waals surface area (Å²) in [5.74, 6) is -0.372. The van der Waals surface area contributed by atoms with E-state index in [1.165, 1.54) is 0 Å². The molecule has 1 aromatic heterocycles. The number of nitrogens with zero attached hydrogens (tertiary/aromatic N) is 1. The molecule has 0 atom stereocenters. The molecular weight excluding hydrogens is 393 g/mol. The van der Waals surface area contributed by atoms with E-state index in [1.54, 1.807) is 25.3 Å². The third kappa shape index (κ3) is 3.40. The Kier molecular flexibility index (Phi) is 4.82. The zero-order chi connectivity index (χ0) is 14.7. The summed E-state index contributed by atoms with van der Waals surface area (Å²) in [6.45, 7) is 1.89. The maximum Gasteiger partial charge on any atom is 0.328 e. The molecule has 0 unspecified atom stereocenters. The Morgan fingerprint density at radius 3 is 3.05 bits per heavy atom. The van der Waals surface area contributed by atoms with E-state index < -0.39 is 5.97 Å². The first kappa shape index (κ1) is 15.1. The van der Waals surface area contributed by atoms with Gasteiger partial charge in [-0.3, -0.25) is 4.98 Å². The zero-order valence-corrected chi connectivity index (χ0v) is 13.5. The van der Waals surface area contributed by atoms with Crippen LogP contribution in [-0.2, 0) is 4.79 Å². The summed E-state index contributed by atoms with van der Waals surface area (Å²) in [5, 5.41) is 10.1. The van der Waals surface area contributed by atoms with Gasteiger partial charge >= 0.3 is 5.97 Å². The lowest BCUT2D eigenvalue weighted by atomic mass is 10.2. The molecule has 0 radical (unpaired) electrons. The van der Waals surface area contributed by atoms with Crippen molar-refractivity contribution in [2.75, 3.05) is 6.61 Å². The van der Waals surface area contributed by atoms with Gasteiger partial charge in [0.05, 0.1) is 8.59 Å². The van der Waals surface area contributed by atoms with Crippen LogP contribution in [-0.4, -0.2) is 22.7 Å². The minimum Gasteiger partial charge on any atom is -0.486 e. The van der Waals surface area contributed by atoms with E-state index >= 15 is 0 Å². The molecule has 0 saturated heterocycles. The molecule has 0 aliphatic heterocycles. The monoisotopic (exact) mass is 403 g/mol. The smallest absolute Gasteiger partial charge is 0.328 e. The molecule has 0 bridgehead atoms. The number of carbonyl (C=O) groups is 1. The van der Waals surface area contributed by atoms with Crippen LogP contribution in [0.1, 0.15) is 6.92 Å². The van der Waals surface area contributed by atoms with Crippen LogP contribution in [0.4, 0.5) is 0 Å². The molecule has 0 aliphatic rings. The molecule has 0 amide bonds. The molecule has 0 aliphatic carbocycles. The fourth-order valence-corrected chi connectivity index (χ4v) is 2.89. The van der Waals surface area contributed by atoms with Crippen molar-refractivity contribution in [2.45, 2.75) is 6.92 Å². The van der Waals surface area contributed by atoms with Crippen LogP contribution in [0.15, 0.2) is 36.0 Å². The van der Waals surface area contributed by atoms with Gasteiger partial charge in [-0.25, -0.2) is 4.79 Å². The molecule has 20 heavy (non-hydrogen) atoms. The number of hydrogen-bond acceptors (Lipinski definition) is 3. The second-order valence-electron chi connectivity index (χ2n) is 4.19. The predicted molar refractivity (Wildman–Crippen MR) is 86.4 cm³/mol. The Hall–Kier alpha value is -1.34. The van der Waals surface area contributed by atoms with Gasteiger partial charge in [-0.1, -0.05) is 11.6 Å². The van der Waals surface area contributed by atoms with E-state index in [1.807, 2.05) is 6.07 Å². The number of ether oxygens (including phenoxy) is 1. The van der Waals surface area contributed by atoms with Crippen molar-refractivity contribution in [3.05, 3.63) is 44.6 Å². The first-order valence-corrected chi connectivity index (χ1v) is 7.20. The number of hydrogen-bond donors (Lipinski definition) is 1. The molecular formula is C14H11ClINO3. The number of halogens is 2. The third-order valence-corrected chi connectivity index (χ3v) is 3.68. The maximum absolute atomic E-state index is 10.6. The number of carboxylic acids is 1. The van der Waals surface area contributed by atoms with Crippen LogP contribution >= 0.6 is 34.2 Å². The summed E-state index contributed by atoms with van der Waals surface area (Å²) >= 11 is 8.30. The van der Waals surface area contributed by atoms with Crippen LogP contribution in [0.25, 0.3) is 10.9 Å². The van der Waals surface area contributed by atoms with E-state index in [-0.39, 0.29) is 6.61 Å². The van der Waals surface area contributed by atoms with Gasteiger partial charge in [0.1, 0.15) is 12.1 Å². The van der Waals surface area contributed by atoms with Crippen molar-refractivity contribution >= 4 is 51.1 Å². The van der Waals surface area contributed by atoms with Crippen molar-refractivity contribution < 1.29 is 14.6 Å². The first-order chi connectivity index (χ1) is 9.49. The summed E-state index contributed by atoms with van der Waals surface area (Å²) < 4.78 is 6.54. The largest absolute Gasteiger partial charge is 0.486 e. The highest BCUT2D eigenvalue weighted by Crippen LogP contribution is 2.34. The van der Waals surface area contributed by atoms with E-state index in [0.29, 0.717) is 21.9 Å². The summed E-state index contributed by atoms with van der Waals surface area (Å²) in [4.78, 5) is 14.9. The minimum absolute atomic E-state index is 0.190. The van der Waals surface area contributed by atoms with Gasteiger partial charge < -0.3 is 9.84 Å². The Labute approximate surface area is 134 Å². The summed E-state index contributed by atoms with van der Waals surface area (Å²) in [5.41, 5.74) is 1.29. The zero-order valence-electron chi connectivity index (χ0n) is 10.6. The number of aliphatic carboxylic acids is 1.